The van der Waals surface area contributed by atoms with Gasteiger partial charge in [0.05, 0.1) is 21.8 Å². The number of hydrogen-bond acceptors (Lipinski definition) is 5. The molecule has 4 rings (SSSR count). The van der Waals surface area contributed by atoms with Crippen molar-refractivity contribution in [2.45, 2.75) is 19.1 Å². The molecule has 0 radical (unpaired) electrons. The minimum Gasteiger partial charge on any atom is -0.493 e. The molecule has 0 atom stereocenters. The van der Waals surface area contributed by atoms with Gasteiger partial charge in [0.2, 0.25) is 11.8 Å². The molecule has 0 saturated heterocycles. The number of carbonyl (C=O) groups is 1. The predicted molar refractivity (Wildman–Crippen MR) is 122 cm³/mol. The summed E-state index contributed by atoms with van der Waals surface area (Å²) in [5, 5.41) is 12.9. The standard InChI is InChI=1S/C22H16F3N3O2S2/c23-22(24,25)15-6-2-4-8-17(15)27-19(29)9-10-28-20(30)18(32-21(28)31)11-13-12-26-16-7-3-1-5-14(13)16/h1-8,11-12,30H,9-10H2,(H,27,29)/b13-11+. The van der Waals surface area contributed by atoms with Crippen LogP contribution in [0.25, 0.3) is 11.6 Å². The minimum absolute atomic E-state index is 0.0229. The smallest absolute Gasteiger partial charge is 0.418 e. The van der Waals surface area contributed by atoms with Crippen molar-refractivity contribution in [1.29, 1.82) is 0 Å². The topological polar surface area (TPSA) is 66.6 Å². The fourth-order valence-corrected chi connectivity index (χ4v) is 4.58. The number of thiazole rings is 1. The number of para-hydroxylation sites is 2. The summed E-state index contributed by atoms with van der Waals surface area (Å²) in [7, 11) is 0. The molecule has 0 bridgehead atoms. The summed E-state index contributed by atoms with van der Waals surface area (Å²) in [4.78, 5) is 17.1. The van der Waals surface area contributed by atoms with Gasteiger partial charge in [-0.15, -0.1) is 11.3 Å². The Morgan fingerprint density at radius 1 is 1.19 bits per heavy atom. The Bertz CT molecular complexity index is 1310. The van der Waals surface area contributed by atoms with Crippen LogP contribution in [0, 0.1) is 3.95 Å². The Balaban J connectivity index is 1.49. The average Bonchev–Trinajstić information content (AvgIpc) is 3.27. The Labute approximate surface area is 190 Å². The zero-order valence-corrected chi connectivity index (χ0v) is 18.0. The molecule has 32 heavy (non-hydrogen) atoms. The molecule has 5 nitrogen and oxygen atoms in total. The van der Waals surface area contributed by atoms with E-state index in [1.807, 2.05) is 24.3 Å². The van der Waals surface area contributed by atoms with Crippen LogP contribution in [0.3, 0.4) is 0 Å². The fraction of sp³-hybridized carbons (Fsp3) is 0.136. The molecule has 2 N–H and O–H groups in total. The van der Waals surface area contributed by atoms with Crippen LogP contribution >= 0.6 is 23.6 Å². The highest BCUT2D eigenvalue weighted by Crippen LogP contribution is 2.36. The molecule has 0 aliphatic carbocycles. The van der Waals surface area contributed by atoms with Gasteiger partial charge in [0.15, 0.2) is 3.95 Å². The molecule has 0 unspecified atom stereocenters. The maximum Gasteiger partial charge on any atom is 0.418 e. The summed E-state index contributed by atoms with van der Waals surface area (Å²) in [6.45, 7) is 0.0229. The summed E-state index contributed by atoms with van der Waals surface area (Å²) >= 11 is 6.48. The first kappa shape index (κ1) is 22.0. The maximum absolute atomic E-state index is 13.1. The molecule has 1 aliphatic rings. The van der Waals surface area contributed by atoms with Crippen molar-refractivity contribution in [3.63, 3.8) is 0 Å². The number of aromatic hydroxyl groups is 1. The van der Waals surface area contributed by atoms with Crippen LogP contribution < -0.4 is 5.32 Å². The molecule has 0 fully saturated rings. The predicted octanol–water partition coefficient (Wildman–Crippen LogP) is 6.29. The minimum atomic E-state index is -4.58. The summed E-state index contributed by atoms with van der Waals surface area (Å²) in [5.74, 6) is -0.722. The van der Waals surface area contributed by atoms with Crippen LogP contribution in [0.4, 0.5) is 24.5 Å². The summed E-state index contributed by atoms with van der Waals surface area (Å²) in [6, 6.07) is 12.3. The molecular weight excluding hydrogens is 459 g/mol. The maximum atomic E-state index is 13.1. The largest absolute Gasteiger partial charge is 0.493 e. The van der Waals surface area contributed by atoms with E-state index in [1.54, 1.807) is 12.3 Å². The number of aliphatic imine (C=N–C) groups is 1. The van der Waals surface area contributed by atoms with Crippen molar-refractivity contribution < 1.29 is 23.1 Å². The Hall–Kier alpha value is -3.24. The van der Waals surface area contributed by atoms with Crippen LogP contribution in [0.5, 0.6) is 5.88 Å². The van der Waals surface area contributed by atoms with Crippen molar-refractivity contribution in [2.24, 2.45) is 4.99 Å². The lowest BCUT2D eigenvalue weighted by Gasteiger charge is -2.13. The highest BCUT2D eigenvalue weighted by molar-refractivity contribution is 7.73. The van der Waals surface area contributed by atoms with E-state index < -0.39 is 17.6 Å². The first-order chi connectivity index (χ1) is 15.2. The van der Waals surface area contributed by atoms with Gasteiger partial charge < -0.3 is 10.4 Å². The van der Waals surface area contributed by atoms with Gasteiger partial charge in [0.25, 0.3) is 0 Å². The average molecular weight is 476 g/mol. The van der Waals surface area contributed by atoms with Crippen molar-refractivity contribution in [1.82, 2.24) is 4.57 Å². The molecule has 2 heterocycles. The van der Waals surface area contributed by atoms with Crippen LogP contribution in [0.1, 0.15) is 22.4 Å². The zero-order valence-electron chi connectivity index (χ0n) is 16.4. The second-order valence-corrected chi connectivity index (χ2v) is 8.60. The van der Waals surface area contributed by atoms with E-state index in [2.05, 4.69) is 10.3 Å². The second-order valence-electron chi connectivity index (χ2n) is 6.92. The van der Waals surface area contributed by atoms with Crippen LogP contribution in [-0.4, -0.2) is 21.8 Å². The number of anilines is 1. The van der Waals surface area contributed by atoms with Gasteiger partial charge in [-0.3, -0.25) is 14.4 Å². The summed E-state index contributed by atoms with van der Waals surface area (Å²) in [6.07, 6.45) is -1.28. The molecule has 3 aromatic rings. The van der Waals surface area contributed by atoms with E-state index in [0.717, 1.165) is 22.9 Å². The molecule has 1 aromatic heterocycles. The third-order valence-corrected chi connectivity index (χ3v) is 6.19. The van der Waals surface area contributed by atoms with E-state index in [1.165, 1.54) is 34.1 Å². The van der Waals surface area contributed by atoms with Gasteiger partial charge >= 0.3 is 6.18 Å². The molecule has 0 saturated carbocycles. The lowest BCUT2D eigenvalue weighted by atomic mass is 10.1. The molecule has 10 heteroatoms. The van der Waals surface area contributed by atoms with Gasteiger partial charge in [-0.1, -0.05) is 30.3 Å². The van der Waals surface area contributed by atoms with Crippen molar-refractivity contribution in [2.75, 3.05) is 5.32 Å². The number of allylic oxidation sites excluding steroid dienone is 1. The van der Waals surface area contributed by atoms with Gasteiger partial charge in [0, 0.05) is 30.3 Å². The second kappa shape index (κ2) is 8.71. The van der Waals surface area contributed by atoms with Crippen molar-refractivity contribution in [3.05, 3.63) is 68.5 Å². The van der Waals surface area contributed by atoms with Crippen molar-refractivity contribution >= 4 is 58.7 Å². The zero-order chi connectivity index (χ0) is 22.9. The molecule has 0 spiro atoms. The third kappa shape index (κ3) is 4.51. The number of nitrogens with one attached hydrogen (secondary N) is 1. The van der Waals surface area contributed by atoms with Gasteiger partial charge in [-0.25, -0.2) is 0 Å². The van der Waals surface area contributed by atoms with Crippen molar-refractivity contribution in [3.8, 4) is 5.88 Å². The first-order valence-electron chi connectivity index (χ1n) is 9.48. The van der Waals surface area contributed by atoms with E-state index in [-0.39, 0.29) is 24.5 Å². The number of benzene rings is 2. The Kier molecular flexibility index (Phi) is 5.98. The van der Waals surface area contributed by atoms with E-state index in [9.17, 15) is 23.1 Å². The number of fused-ring (bicyclic) bond motifs is 1. The quantitative estimate of drug-likeness (QED) is 0.426. The number of rotatable bonds is 5. The van der Waals surface area contributed by atoms with E-state index in [0.29, 0.717) is 8.83 Å². The number of alkyl halides is 3. The van der Waals surface area contributed by atoms with Crippen LogP contribution in [0.15, 0.2) is 53.5 Å². The number of aromatic nitrogens is 1. The molecule has 1 aliphatic heterocycles. The number of hydrogen-bond donors (Lipinski definition) is 2. The summed E-state index contributed by atoms with van der Waals surface area (Å²) in [5.41, 5.74) is 1.35. The normalized spacial score (nSPS) is 14.0. The van der Waals surface area contributed by atoms with Crippen LogP contribution in [0.2, 0.25) is 0 Å². The van der Waals surface area contributed by atoms with E-state index in [4.69, 9.17) is 12.2 Å². The SMILES string of the molecule is O=C(CCn1c(O)c(/C=C2\C=Nc3ccccc32)sc1=S)Nc1ccccc1C(F)(F)F. The van der Waals surface area contributed by atoms with Crippen LogP contribution in [-0.2, 0) is 17.5 Å². The lowest BCUT2D eigenvalue weighted by molar-refractivity contribution is -0.137. The highest BCUT2D eigenvalue weighted by Gasteiger charge is 2.33. The Morgan fingerprint density at radius 3 is 2.69 bits per heavy atom. The third-order valence-electron chi connectivity index (χ3n) is 4.81. The molecule has 164 valence electrons. The summed E-state index contributed by atoms with van der Waals surface area (Å²) < 4.78 is 41.0. The lowest BCUT2D eigenvalue weighted by Crippen LogP contribution is -2.18. The van der Waals surface area contributed by atoms with E-state index >= 15 is 0 Å². The molecule has 2 aromatic carbocycles. The van der Waals surface area contributed by atoms with Gasteiger partial charge in [0.1, 0.15) is 0 Å². The highest BCUT2D eigenvalue weighted by atomic mass is 32.1. The molecule has 1 amide bonds. The number of carbonyl (C=O) groups excluding carboxylic acids is 1. The fourth-order valence-electron chi connectivity index (χ4n) is 3.27. The molecular formula is C22H16F3N3O2S2. The van der Waals surface area contributed by atoms with Gasteiger partial charge in [-0.05, 0) is 36.5 Å². The Morgan fingerprint density at radius 2 is 1.91 bits per heavy atom. The first-order valence-corrected chi connectivity index (χ1v) is 10.7. The van der Waals surface area contributed by atoms with Gasteiger partial charge in [-0.2, -0.15) is 13.2 Å². The number of halogens is 3. The number of amides is 1. The number of nitrogens with zero attached hydrogens (tertiary/aromatic N) is 2. The monoisotopic (exact) mass is 475 g/mol.